The van der Waals surface area contributed by atoms with Gasteiger partial charge in [-0.25, -0.2) is 4.98 Å². The second kappa shape index (κ2) is 3.85. The van der Waals surface area contributed by atoms with Gasteiger partial charge in [-0.3, -0.25) is 5.10 Å². The lowest BCUT2D eigenvalue weighted by molar-refractivity contribution is 0.907. The zero-order valence-electron chi connectivity index (χ0n) is 6.88. The largest absolute Gasteiger partial charge is 0.254 e. The van der Waals surface area contributed by atoms with Crippen molar-refractivity contribution in [2.24, 2.45) is 0 Å². The number of nitrogens with zero attached hydrogens (tertiary/aromatic N) is 5. The Morgan fingerprint density at radius 1 is 1.50 bits per heavy atom. The quantitative estimate of drug-likeness (QED) is 0.770. The summed E-state index contributed by atoms with van der Waals surface area (Å²) in [4.78, 5) is 3.91. The molecule has 0 aliphatic carbocycles. The standard InChI is InChI=1S/C7H4N6S/c8-3-5-1-2-10-12-6(5)14-7-9-4-11-13-7/h1-2,4H,(H,9,11,13). The minimum absolute atomic E-state index is 0.474. The van der Waals surface area contributed by atoms with E-state index in [1.807, 2.05) is 6.07 Å². The summed E-state index contributed by atoms with van der Waals surface area (Å²) in [6.45, 7) is 0. The summed E-state index contributed by atoms with van der Waals surface area (Å²) in [7, 11) is 0. The van der Waals surface area contributed by atoms with Crippen LogP contribution in [-0.2, 0) is 0 Å². The Bertz CT molecular complexity index is 459. The lowest BCUT2D eigenvalue weighted by Crippen LogP contribution is -1.89. The average molecular weight is 204 g/mol. The highest BCUT2D eigenvalue weighted by Gasteiger charge is 2.07. The third-order valence-electron chi connectivity index (χ3n) is 1.39. The van der Waals surface area contributed by atoms with Crippen molar-refractivity contribution >= 4 is 11.8 Å². The van der Waals surface area contributed by atoms with Crippen molar-refractivity contribution in [3.05, 3.63) is 24.2 Å². The van der Waals surface area contributed by atoms with Crippen LogP contribution in [0.25, 0.3) is 0 Å². The molecule has 6 nitrogen and oxygen atoms in total. The van der Waals surface area contributed by atoms with Crippen LogP contribution in [0.4, 0.5) is 0 Å². The lowest BCUT2D eigenvalue weighted by Gasteiger charge is -1.96. The van der Waals surface area contributed by atoms with Crippen molar-refractivity contribution in [2.75, 3.05) is 0 Å². The first-order chi connectivity index (χ1) is 6.90. The highest BCUT2D eigenvalue weighted by atomic mass is 32.2. The topological polar surface area (TPSA) is 91.1 Å². The maximum atomic E-state index is 8.77. The third kappa shape index (κ3) is 1.70. The number of rotatable bonds is 2. The van der Waals surface area contributed by atoms with E-state index in [2.05, 4.69) is 25.4 Å². The molecule has 2 heterocycles. The van der Waals surface area contributed by atoms with Crippen LogP contribution in [0.5, 0.6) is 0 Å². The van der Waals surface area contributed by atoms with Crippen molar-refractivity contribution < 1.29 is 0 Å². The normalized spacial score (nSPS) is 9.64. The van der Waals surface area contributed by atoms with Crippen LogP contribution >= 0.6 is 11.8 Å². The summed E-state index contributed by atoms with van der Waals surface area (Å²) in [6, 6.07) is 3.63. The predicted octanol–water partition coefficient (Wildman–Crippen LogP) is 0.618. The molecule has 0 bridgehead atoms. The molecule has 14 heavy (non-hydrogen) atoms. The molecule has 68 valence electrons. The summed E-state index contributed by atoms with van der Waals surface area (Å²) in [5, 5.41) is 23.7. The highest BCUT2D eigenvalue weighted by Crippen LogP contribution is 2.23. The number of aromatic amines is 1. The van der Waals surface area contributed by atoms with Crippen LogP contribution in [0.3, 0.4) is 0 Å². The Balaban J connectivity index is 2.30. The molecule has 1 N–H and O–H groups in total. The first-order valence-electron chi connectivity index (χ1n) is 3.65. The van der Waals surface area contributed by atoms with E-state index in [9.17, 15) is 0 Å². The molecule has 0 atom stereocenters. The van der Waals surface area contributed by atoms with E-state index in [0.29, 0.717) is 15.7 Å². The molecule has 0 fully saturated rings. The molecule has 0 unspecified atom stereocenters. The van der Waals surface area contributed by atoms with Gasteiger partial charge in [0, 0.05) is 0 Å². The first kappa shape index (κ1) is 8.65. The van der Waals surface area contributed by atoms with E-state index in [0.717, 1.165) is 0 Å². The molecular weight excluding hydrogens is 200 g/mol. The van der Waals surface area contributed by atoms with Crippen LogP contribution < -0.4 is 0 Å². The molecule has 7 heteroatoms. The molecule has 2 aromatic heterocycles. The van der Waals surface area contributed by atoms with Crippen LogP contribution in [0.1, 0.15) is 5.56 Å². The van der Waals surface area contributed by atoms with E-state index in [1.165, 1.54) is 24.3 Å². The van der Waals surface area contributed by atoms with Gasteiger partial charge in [0.05, 0.1) is 11.8 Å². The zero-order chi connectivity index (χ0) is 9.80. The molecule has 0 aromatic carbocycles. The van der Waals surface area contributed by atoms with E-state index in [4.69, 9.17) is 5.26 Å². The van der Waals surface area contributed by atoms with Gasteiger partial charge in [-0.15, -0.1) is 5.10 Å². The fraction of sp³-hybridized carbons (Fsp3) is 0. The number of aromatic nitrogens is 5. The van der Waals surface area contributed by atoms with Crippen LogP contribution in [-0.4, -0.2) is 25.4 Å². The first-order valence-corrected chi connectivity index (χ1v) is 4.47. The molecular formula is C7H4N6S. The average Bonchev–Trinajstić information content (AvgIpc) is 2.71. The molecule has 0 aliphatic rings. The minimum atomic E-state index is 0.474. The van der Waals surface area contributed by atoms with Gasteiger partial charge in [-0.1, -0.05) is 0 Å². The van der Waals surface area contributed by atoms with E-state index in [-0.39, 0.29) is 0 Å². The Hall–Kier alpha value is -1.94. The maximum Gasteiger partial charge on any atom is 0.189 e. The van der Waals surface area contributed by atoms with Gasteiger partial charge in [-0.2, -0.15) is 15.5 Å². The van der Waals surface area contributed by atoms with Gasteiger partial charge in [0.1, 0.15) is 17.4 Å². The number of hydrogen-bond donors (Lipinski definition) is 1. The number of H-pyrrole nitrogens is 1. The van der Waals surface area contributed by atoms with Crippen molar-refractivity contribution in [1.29, 1.82) is 5.26 Å². The van der Waals surface area contributed by atoms with Crippen molar-refractivity contribution in [3.8, 4) is 6.07 Å². The Morgan fingerprint density at radius 3 is 3.14 bits per heavy atom. The van der Waals surface area contributed by atoms with E-state index < -0.39 is 0 Å². The van der Waals surface area contributed by atoms with Crippen molar-refractivity contribution in [1.82, 2.24) is 25.4 Å². The number of hydrogen-bond acceptors (Lipinski definition) is 6. The van der Waals surface area contributed by atoms with Gasteiger partial charge in [0.15, 0.2) is 5.16 Å². The second-order valence-electron chi connectivity index (χ2n) is 2.25. The summed E-state index contributed by atoms with van der Waals surface area (Å²) < 4.78 is 0. The van der Waals surface area contributed by atoms with E-state index >= 15 is 0 Å². The lowest BCUT2D eigenvalue weighted by atomic mass is 10.3. The van der Waals surface area contributed by atoms with E-state index in [1.54, 1.807) is 6.07 Å². The fourth-order valence-electron chi connectivity index (χ4n) is 0.814. The van der Waals surface area contributed by atoms with Gasteiger partial charge < -0.3 is 0 Å². The van der Waals surface area contributed by atoms with Crippen LogP contribution in [0.2, 0.25) is 0 Å². The van der Waals surface area contributed by atoms with Crippen molar-refractivity contribution in [2.45, 2.75) is 10.2 Å². The second-order valence-corrected chi connectivity index (χ2v) is 3.23. The van der Waals surface area contributed by atoms with Crippen molar-refractivity contribution in [3.63, 3.8) is 0 Å². The van der Waals surface area contributed by atoms with Crippen LogP contribution in [0.15, 0.2) is 28.8 Å². The Morgan fingerprint density at radius 2 is 2.43 bits per heavy atom. The Labute approximate surface area is 83.4 Å². The van der Waals surface area contributed by atoms with Gasteiger partial charge in [-0.05, 0) is 17.8 Å². The summed E-state index contributed by atoms with van der Waals surface area (Å²) in [6.07, 6.45) is 2.87. The highest BCUT2D eigenvalue weighted by molar-refractivity contribution is 7.99. The number of nitrogens with one attached hydrogen (secondary N) is 1. The van der Waals surface area contributed by atoms with Gasteiger partial charge in [0.25, 0.3) is 0 Å². The molecule has 0 saturated heterocycles. The zero-order valence-corrected chi connectivity index (χ0v) is 7.69. The minimum Gasteiger partial charge on any atom is -0.254 e. The third-order valence-corrected chi connectivity index (χ3v) is 2.28. The molecule has 0 saturated carbocycles. The summed E-state index contributed by atoms with van der Waals surface area (Å²) in [5.41, 5.74) is 0.474. The molecule has 0 radical (unpaired) electrons. The summed E-state index contributed by atoms with van der Waals surface area (Å²) >= 11 is 1.22. The molecule has 0 amide bonds. The molecule has 0 aliphatic heterocycles. The Kier molecular flexibility index (Phi) is 2.38. The van der Waals surface area contributed by atoms with Gasteiger partial charge >= 0.3 is 0 Å². The number of nitriles is 1. The SMILES string of the molecule is N#Cc1ccnnc1Sc1ncn[nH]1. The van der Waals surface area contributed by atoms with Gasteiger partial charge in [0.2, 0.25) is 0 Å². The molecule has 2 rings (SSSR count). The summed E-state index contributed by atoms with van der Waals surface area (Å²) in [5.74, 6) is 0. The monoisotopic (exact) mass is 204 g/mol. The maximum absolute atomic E-state index is 8.77. The van der Waals surface area contributed by atoms with Crippen LogP contribution in [0, 0.1) is 11.3 Å². The molecule has 2 aromatic rings. The molecule has 0 spiro atoms. The smallest absolute Gasteiger partial charge is 0.189 e. The fourth-order valence-corrected chi connectivity index (χ4v) is 1.51. The predicted molar refractivity (Wildman–Crippen MR) is 47.3 cm³/mol.